The van der Waals surface area contributed by atoms with Crippen LogP contribution in [0.25, 0.3) is 0 Å². The minimum atomic E-state index is 0.741. The van der Waals surface area contributed by atoms with Gasteiger partial charge in [-0.2, -0.15) is 0 Å². The molecular formula is C12H14N4. The average molecular weight is 214 g/mol. The van der Waals surface area contributed by atoms with E-state index >= 15 is 0 Å². The number of rotatable bonds is 3. The molecule has 0 aliphatic heterocycles. The number of nitrogens with zero attached hydrogens (tertiary/aromatic N) is 2. The Hall–Kier alpha value is -2.10. The van der Waals surface area contributed by atoms with Crippen LogP contribution in [0.2, 0.25) is 0 Å². The van der Waals surface area contributed by atoms with Gasteiger partial charge in [0.15, 0.2) is 0 Å². The van der Waals surface area contributed by atoms with Gasteiger partial charge in [0, 0.05) is 18.8 Å². The molecule has 0 saturated carbocycles. The molecule has 4 heteroatoms. The van der Waals surface area contributed by atoms with Crippen LogP contribution in [0.1, 0.15) is 5.82 Å². The lowest BCUT2D eigenvalue weighted by atomic mass is 10.3. The molecule has 16 heavy (non-hydrogen) atoms. The van der Waals surface area contributed by atoms with Crippen molar-refractivity contribution in [2.45, 2.75) is 6.92 Å². The molecular weight excluding hydrogens is 200 g/mol. The third-order valence-electron chi connectivity index (χ3n) is 2.14. The van der Waals surface area contributed by atoms with Crippen LogP contribution in [0, 0.1) is 6.92 Å². The normalized spacial score (nSPS) is 9.88. The molecule has 0 fully saturated rings. The number of nitrogens with one attached hydrogen (secondary N) is 2. The fourth-order valence-corrected chi connectivity index (χ4v) is 1.43. The smallest absolute Gasteiger partial charge is 0.136 e. The van der Waals surface area contributed by atoms with Crippen molar-refractivity contribution in [3.8, 4) is 0 Å². The number of benzene rings is 1. The molecule has 0 radical (unpaired) electrons. The molecule has 0 aliphatic carbocycles. The molecule has 0 amide bonds. The van der Waals surface area contributed by atoms with Gasteiger partial charge >= 0.3 is 0 Å². The second-order valence-corrected chi connectivity index (χ2v) is 3.43. The molecule has 2 aromatic rings. The predicted molar refractivity (Wildman–Crippen MR) is 66.0 cm³/mol. The zero-order valence-corrected chi connectivity index (χ0v) is 9.36. The first-order valence-corrected chi connectivity index (χ1v) is 5.13. The maximum atomic E-state index is 4.31. The first-order chi connectivity index (χ1) is 7.78. The zero-order chi connectivity index (χ0) is 11.4. The van der Waals surface area contributed by atoms with Gasteiger partial charge in [-0.25, -0.2) is 9.97 Å². The van der Waals surface area contributed by atoms with Crippen LogP contribution in [0.15, 0.2) is 36.4 Å². The van der Waals surface area contributed by atoms with E-state index in [0.717, 1.165) is 23.1 Å². The molecule has 0 saturated heterocycles. The maximum absolute atomic E-state index is 4.31. The van der Waals surface area contributed by atoms with Crippen LogP contribution >= 0.6 is 0 Å². The van der Waals surface area contributed by atoms with Crippen molar-refractivity contribution in [3.05, 3.63) is 42.2 Å². The predicted octanol–water partition coefficient (Wildman–Crippen LogP) is 2.57. The SMILES string of the molecule is CNc1cc(Nc2ccccc2)nc(C)n1. The lowest BCUT2D eigenvalue weighted by Crippen LogP contribution is -2.00. The topological polar surface area (TPSA) is 49.8 Å². The molecule has 2 N–H and O–H groups in total. The van der Waals surface area contributed by atoms with Crippen LogP contribution in [0.3, 0.4) is 0 Å². The van der Waals surface area contributed by atoms with Gasteiger partial charge in [-0.05, 0) is 19.1 Å². The average Bonchev–Trinajstić information content (AvgIpc) is 2.29. The summed E-state index contributed by atoms with van der Waals surface area (Å²) in [7, 11) is 1.84. The van der Waals surface area contributed by atoms with E-state index in [9.17, 15) is 0 Å². The summed E-state index contributed by atoms with van der Waals surface area (Å²) in [6, 6.07) is 11.8. The summed E-state index contributed by atoms with van der Waals surface area (Å²) in [5, 5.41) is 6.23. The molecule has 0 atom stereocenters. The summed E-state index contributed by atoms with van der Waals surface area (Å²) in [6.45, 7) is 1.87. The number of anilines is 3. The molecule has 1 heterocycles. The Morgan fingerprint density at radius 1 is 1.00 bits per heavy atom. The van der Waals surface area contributed by atoms with Crippen LogP contribution in [0.5, 0.6) is 0 Å². The Balaban J connectivity index is 2.24. The highest BCUT2D eigenvalue weighted by Gasteiger charge is 2.00. The Kier molecular flexibility index (Phi) is 3.00. The third-order valence-corrected chi connectivity index (χ3v) is 2.14. The van der Waals surface area contributed by atoms with E-state index in [1.807, 2.05) is 50.4 Å². The lowest BCUT2D eigenvalue weighted by Gasteiger charge is -2.07. The van der Waals surface area contributed by atoms with Crippen molar-refractivity contribution < 1.29 is 0 Å². The fourth-order valence-electron chi connectivity index (χ4n) is 1.43. The van der Waals surface area contributed by atoms with E-state index in [4.69, 9.17) is 0 Å². The van der Waals surface area contributed by atoms with Crippen molar-refractivity contribution in [2.24, 2.45) is 0 Å². The quantitative estimate of drug-likeness (QED) is 0.824. The van der Waals surface area contributed by atoms with Gasteiger partial charge in [0.1, 0.15) is 17.5 Å². The molecule has 0 aliphatic rings. The lowest BCUT2D eigenvalue weighted by molar-refractivity contribution is 1.06. The number of aromatic nitrogens is 2. The van der Waals surface area contributed by atoms with Crippen molar-refractivity contribution in [2.75, 3.05) is 17.7 Å². The van der Waals surface area contributed by atoms with Crippen molar-refractivity contribution >= 4 is 17.3 Å². The molecule has 1 aromatic heterocycles. The summed E-state index contributed by atoms with van der Waals surface area (Å²) in [5.74, 6) is 2.35. The van der Waals surface area contributed by atoms with Crippen LogP contribution in [-0.4, -0.2) is 17.0 Å². The second kappa shape index (κ2) is 4.61. The Labute approximate surface area is 94.8 Å². The number of hydrogen-bond acceptors (Lipinski definition) is 4. The standard InChI is InChI=1S/C12H14N4/c1-9-14-11(13-2)8-12(15-9)16-10-6-4-3-5-7-10/h3-8H,1-2H3,(H2,13,14,15,16). The van der Waals surface area contributed by atoms with Crippen LogP contribution in [-0.2, 0) is 0 Å². The fraction of sp³-hybridized carbons (Fsp3) is 0.167. The molecule has 1 aromatic carbocycles. The maximum Gasteiger partial charge on any atom is 0.136 e. The molecule has 2 rings (SSSR count). The van der Waals surface area contributed by atoms with Gasteiger partial charge in [0.25, 0.3) is 0 Å². The largest absolute Gasteiger partial charge is 0.373 e. The number of hydrogen-bond donors (Lipinski definition) is 2. The minimum Gasteiger partial charge on any atom is -0.373 e. The van der Waals surface area contributed by atoms with Crippen molar-refractivity contribution in [1.29, 1.82) is 0 Å². The number of aryl methyl sites for hydroxylation is 1. The van der Waals surface area contributed by atoms with Crippen LogP contribution in [0.4, 0.5) is 17.3 Å². The summed E-state index contributed by atoms with van der Waals surface area (Å²) in [4.78, 5) is 8.55. The molecule has 0 bridgehead atoms. The first-order valence-electron chi connectivity index (χ1n) is 5.13. The van der Waals surface area contributed by atoms with E-state index in [1.165, 1.54) is 0 Å². The second-order valence-electron chi connectivity index (χ2n) is 3.43. The highest BCUT2D eigenvalue weighted by molar-refractivity contribution is 5.58. The molecule has 82 valence electrons. The van der Waals surface area contributed by atoms with E-state index in [2.05, 4.69) is 20.6 Å². The van der Waals surface area contributed by atoms with E-state index in [-0.39, 0.29) is 0 Å². The monoisotopic (exact) mass is 214 g/mol. The molecule has 4 nitrogen and oxygen atoms in total. The summed E-state index contributed by atoms with van der Waals surface area (Å²) in [6.07, 6.45) is 0. The van der Waals surface area contributed by atoms with Crippen molar-refractivity contribution in [1.82, 2.24) is 9.97 Å². The molecule has 0 spiro atoms. The highest BCUT2D eigenvalue weighted by atomic mass is 15.1. The zero-order valence-electron chi connectivity index (χ0n) is 9.36. The van der Waals surface area contributed by atoms with Gasteiger partial charge in [-0.15, -0.1) is 0 Å². The van der Waals surface area contributed by atoms with E-state index in [0.29, 0.717) is 0 Å². The summed E-state index contributed by atoms with van der Waals surface area (Å²) < 4.78 is 0. The van der Waals surface area contributed by atoms with Crippen LogP contribution < -0.4 is 10.6 Å². The van der Waals surface area contributed by atoms with E-state index in [1.54, 1.807) is 0 Å². The summed E-state index contributed by atoms with van der Waals surface area (Å²) >= 11 is 0. The highest BCUT2D eigenvalue weighted by Crippen LogP contribution is 2.16. The van der Waals surface area contributed by atoms with Gasteiger partial charge in [-0.1, -0.05) is 18.2 Å². The van der Waals surface area contributed by atoms with Gasteiger partial charge in [-0.3, -0.25) is 0 Å². The van der Waals surface area contributed by atoms with Gasteiger partial charge in [0.05, 0.1) is 0 Å². The van der Waals surface area contributed by atoms with Gasteiger partial charge in [0.2, 0.25) is 0 Å². The van der Waals surface area contributed by atoms with Crippen molar-refractivity contribution in [3.63, 3.8) is 0 Å². The Morgan fingerprint density at radius 3 is 2.38 bits per heavy atom. The Morgan fingerprint density at radius 2 is 1.69 bits per heavy atom. The summed E-state index contributed by atoms with van der Waals surface area (Å²) in [5.41, 5.74) is 1.02. The molecule has 0 unspecified atom stereocenters. The first kappa shape index (κ1) is 10.4. The third kappa shape index (κ3) is 2.48. The Bertz CT molecular complexity index is 468. The minimum absolute atomic E-state index is 0.741. The van der Waals surface area contributed by atoms with E-state index < -0.39 is 0 Å². The number of para-hydroxylation sites is 1. The van der Waals surface area contributed by atoms with Gasteiger partial charge < -0.3 is 10.6 Å².